The summed E-state index contributed by atoms with van der Waals surface area (Å²) in [5.41, 5.74) is 3.31. The molecule has 0 amide bonds. The molecule has 1 aliphatic rings. The molecule has 23 heavy (non-hydrogen) atoms. The quantitative estimate of drug-likeness (QED) is 0.567. The molecule has 114 valence electrons. The minimum absolute atomic E-state index is 0.722. The van der Waals surface area contributed by atoms with Gasteiger partial charge in [0.1, 0.15) is 17.7 Å². The molecule has 0 fully saturated rings. The number of quaternary nitrogens is 1. The number of hydrogen-bond donors (Lipinski definition) is 1. The SMILES string of the molecule is C[NH+]1CCc2c(sc3ncn4nc(-c5ccncc5)nc4c23)C1. The monoisotopic (exact) mass is 323 g/mol. The molecule has 6 nitrogen and oxygen atoms in total. The summed E-state index contributed by atoms with van der Waals surface area (Å²) in [6.45, 7) is 2.24. The molecule has 5 rings (SSSR count). The summed E-state index contributed by atoms with van der Waals surface area (Å²) in [6, 6.07) is 3.86. The average molecular weight is 323 g/mol. The zero-order chi connectivity index (χ0) is 15.4. The van der Waals surface area contributed by atoms with Gasteiger partial charge in [0.05, 0.1) is 23.9 Å². The van der Waals surface area contributed by atoms with Crippen LogP contribution in [0.3, 0.4) is 0 Å². The summed E-state index contributed by atoms with van der Waals surface area (Å²) < 4.78 is 1.80. The molecule has 1 atom stereocenters. The van der Waals surface area contributed by atoms with Gasteiger partial charge in [0.15, 0.2) is 11.5 Å². The Hall–Kier alpha value is -2.38. The van der Waals surface area contributed by atoms with Crippen molar-refractivity contribution in [2.75, 3.05) is 13.6 Å². The van der Waals surface area contributed by atoms with Gasteiger partial charge in [-0.05, 0) is 17.7 Å². The van der Waals surface area contributed by atoms with Crippen LogP contribution in [0, 0.1) is 0 Å². The van der Waals surface area contributed by atoms with Crippen molar-refractivity contribution in [2.24, 2.45) is 0 Å². The molecule has 0 radical (unpaired) electrons. The van der Waals surface area contributed by atoms with Crippen molar-refractivity contribution >= 4 is 27.2 Å². The number of thiophene rings is 1. The highest BCUT2D eigenvalue weighted by atomic mass is 32.1. The number of rotatable bonds is 1. The molecule has 4 aromatic heterocycles. The predicted octanol–water partition coefficient (Wildman–Crippen LogP) is 0.972. The lowest BCUT2D eigenvalue weighted by Crippen LogP contribution is -3.08. The first-order valence-electron chi connectivity index (χ1n) is 7.67. The van der Waals surface area contributed by atoms with Crippen LogP contribution in [0.4, 0.5) is 0 Å². The zero-order valence-electron chi connectivity index (χ0n) is 12.7. The third kappa shape index (κ3) is 1.97. The van der Waals surface area contributed by atoms with Gasteiger partial charge < -0.3 is 4.90 Å². The largest absolute Gasteiger partial charge is 0.333 e. The minimum atomic E-state index is 0.722. The minimum Gasteiger partial charge on any atom is -0.333 e. The van der Waals surface area contributed by atoms with Crippen molar-refractivity contribution in [3.05, 3.63) is 41.3 Å². The van der Waals surface area contributed by atoms with E-state index in [1.54, 1.807) is 39.5 Å². The Kier molecular flexibility index (Phi) is 2.74. The normalized spacial score (nSPS) is 17.7. The van der Waals surface area contributed by atoms with Crippen molar-refractivity contribution < 1.29 is 4.90 Å². The van der Waals surface area contributed by atoms with Crippen LogP contribution in [0.5, 0.6) is 0 Å². The summed E-state index contributed by atoms with van der Waals surface area (Å²) in [4.78, 5) is 17.5. The fourth-order valence-corrected chi connectivity index (χ4v) is 4.53. The second-order valence-corrected chi connectivity index (χ2v) is 7.09. The van der Waals surface area contributed by atoms with Crippen molar-refractivity contribution in [3.8, 4) is 11.4 Å². The Bertz CT molecular complexity index is 1020. The number of nitrogens with zero attached hydrogens (tertiary/aromatic N) is 5. The Morgan fingerprint density at radius 3 is 3.00 bits per heavy atom. The molecular weight excluding hydrogens is 308 g/mol. The standard InChI is InChI=1S/C16H14N6S/c1-21-7-4-11-12(8-21)23-16-13(11)15-19-14(20-22(15)9-18-16)10-2-5-17-6-3-10/h2-3,5-6,9H,4,7-8H2,1H3/p+1. The van der Waals surface area contributed by atoms with Gasteiger partial charge in [-0.3, -0.25) is 4.98 Å². The molecule has 1 N–H and O–H groups in total. The molecular formula is C16H15N6S+. The summed E-state index contributed by atoms with van der Waals surface area (Å²) in [6.07, 6.45) is 6.38. The summed E-state index contributed by atoms with van der Waals surface area (Å²) >= 11 is 1.80. The summed E-state index contributed by atoms with van der Waals surface area (Å²) in [7, 11) is 2.25. The first-order valence-corrected chi connectivity index (χ1v) is 8.48. The first kappa shape index (κ1) is 13.1. The molecule has 5 heterocycles. The van der Waals surface area contributed by atoms with Crippen molar-refractivity contribution in [3.63, 3.8) is 0 Å². The van der Waals surface area contributed by atoms with E-state index >= 15 is 0 Å². The number of fused-ring (bicyclic) bond motifs is 5. The van der Waals surface area contributed by atoms with Gasteiger partial charge >= 0.3 is 0 Å². The molecule has 0 aliphatic carbocycles. The topological polar surface area (TPSA) is 60.4 Å². The highest BCUT2D eigenvalue weighted by Gasteiger charge is 2.24. The van der Waals surface area contributed by atoms with Crippen LogP contribution in [0.15, 0.2) is 30.9 Å². The van der Waals surface area contributed by atoms with E-state index in [0.717, 1.165) is 41.4 Å². The molecule has 0 aromatic carbocycles. The molecule has 7 heteroatoms. The van der Waals surface area contributed by atoms with E-state index < -0.39 is 0 Å². The third-order valence-electron chi connectivity index (χ3n) is 4.41. The third-order valence-corrected chi connectivity index (χ3v) is 5.55. The van der Waals surface area contributed by atoms with Crippen molar-refractivity contribution in [1.82, 2.24) is 24.6 Å². The number of likely N-dealkylation sites (N-methyl/N-ethyl adjacent to an activating group) is 1. The lowest BCUT2D eigenvalue weighted by Gasteiger charge is -2.19. The highest BCUT2D eigenvalue weighted by Crippen LogP contribution is 2.33. The van der Waals surface area contributed by atoms with Crippen LogP contribution in [-0.4, -0.2) is 38.2 Å². The van der Waals surface area contributed by atoms with E-state index in [2.05, 4.69) is 22.1 Å². The predicted molar refractivity (Wildman–Crippen MR) is 88.6 cm³/mol. The van der Waals surface area contributed by atoms with Gasteiger partial charge in [-0.2, -0.15) is 0 Å². The second kappa shape index (κ2) is 4.81. The summed E-state index contributed by atoms with van der Waals surface area (Å²) in [5, 5.41) is 5.78. The Balaban J connectivity index is 1.78. The van der Waals surface area contributed by atoms with E-state index in [-0.39, 0.29) is 0 Å². The van der Waals surface area contributed by atoms with Crippen LogP contribution in [0.1, 0.15) is 10.4 Å². The van der Waals surface area contributed by atoms with Crippen LogP contribution >= 0.6 is 11.3 Å². The molecule has 0 saturated carbocycles. The van der Waals surface area contributed by atoms with E-state index in [1.165, 1.54) is 15.8 Å². The fraction of sp³-hybridized carbons (Fsp3) is 0.250. The molecule has 1 unspecified atom stereocenters. The van der Waals surface area contributed by atoms with E-state index in [9.17, 15) is 0 Å². The Labute approximate surface area is 136 Å². The second-order valence-electron chi connectivity index (χ2n) is 6.00. The maximum atomic E-state index is 4.79. The van der Waals surface area contributed by atoms with E-state index in [4.69, 9.17) is 4.98 Å². The smallest absolute Gasteiger partial charge is 0.182 e. The first-order chi connectivity index (χ1) is 11.3. The lowest BCUT2D eigenvalue weighted by molar-refractivity contribution is -0.895. The molecule has 0 saturated heterocycles. The van der Waals surface area contributed by atoms with Crippen LogP contribution in [-0.2, 0) is 13.0 Å². The Morgan fingerprint density at radius 1 is 1.26 bits per heavy atom. The number of pyridine rings is 1. The molecule has 4 aromatic rings. The van der Waals surface area contributed by atoms with Gasteiger partial charge in [0.2, 0.25) is 0 Å². The number of hydrogen-bond acceptors (Lipinski definition) is 5. The maximum Gasteiger partial charge on any atom is 0.182 e. The van der Waals surface area contributed by atoms with Gasteiger partial charge in [-0.25, -0.2) is 14.5 Å². The Morgan fingerprint density at radius 2 is 2.13 bits per heavy atom. The zero-order valence-corrected chi connectivity index (χ0v) is 13.5. The lowest BCUT2D eigenvalue weighted by atomic mass is 10.1. The van der Waals surface area contributed by atoms with Crippen molar-refractivity contribution in [1.29, 1.82) is 0 Å². The molecule has 0 spiro atoms. The van der Waals surface area contributed by atoms with Crippen LogP contribution < -0.4 is 4.90 Å². The fourth-order valence-electron chi connectivity index (χ4n) is 3.23. The maximum absolute atomic E-state index is 4.79. The van der Waals surface area contributed by atoms with Crippen LogP contribution in [0.25, 0.3) is 27.3 Å². The summed E-state index contributed by atoms with van der Waals surface area (Å²) in [5.74, 6) is 0.722. The van der Waals surface area contributed by atoms with Gasteiger partial charge in [0, 0.05) is 24.4 Å². The number of nitrogens with one attached hydrogen (secondary N) is 1. The number of aromatic nitrogens is 5. The van der Waals surface area contributed by atoms with E-state index in [1.807, 2.05) is 12.1 Å². The molecule has 1 aliphatic heterocycles. The van der Waals surface area contributed by atoms with Crippen LogP contribution in [0.2, 0.25) is 0 Å². The molecule has 0 bridgehead atoms. The average Bonchev–Trinajstić information content (AvgIpc) is 3.15. The van der Waals surface area contributed by atoms with Gasteiger partial charge in [-0.1, -0.05) is 0 Å². The highest BCUT2D eigenvalue weighted by molar-refractivity contribution is 7.19. The van der Waals surface area contributed by atoms with Crippen molar-refractivity contribution in [2.45, 2.75) is 13.0 Å². The van der Waals surface area contributed by atoms with Gasteiger partial charge in [-0.15, -0.1) is 16.4 Å². The van der Waals surface area contributed by atoms with E-state index in [0.29, 0.717) is 0 Å². The van der Waals surface area contributed by atoms with Gasteiger partial charge in [0.25, 0.3) is 0 Å².